The van der Waals surface area contributed by atoms with E-state index in [0.717, 1.165) is 6.07 Å². The molecule has 0 saturated heterocycles. The maximum atomic E-state index is 11.9. The highest BCUT2D eigenvalue weighted by Gasteiger charge is 2.25. The molecule has 0 unspecified atom stereocenters. The van der Waals surface area contributed by atoms with Crippen molar-refractivity contribution in [2.45, 2.75) is 4.90 Å². The van der Waals surface area contributed by atoms with Gasteiger partial charge in [0.25, 0.3) is 0 Å². The van der Waals surface area contributed by atoms with Crippen LogP contribution < -0.4 is 4.72 Å². The van der Waals surface area contributed by atoms with E-state index in [9.17, 15) is 13.5 Å². The Morgan fingerprint density at radius 2 is 1.89 bits per heavy atom. The third kappa shape index (κ3) is 1.77. The monoisotopic (exact) mass is 264 g/mol. The van der Waals surface area contributed by atoms with Gasteiger partial charge in [-0.05, 0) is 7.05 Å². The molecule has 2 rings (SSSR count). The minimum absolute atomic E-state index is 0.0498. The van der Waals surface area contributed by atoms with Gasteiger partial charge in [0.2, 0.25) is 21.2 Å². The van der Waals surface area contributed by atoms with Gasteiger partial charge < -0.3 is 5.11 Å². The van der Waals surface area contributed by atoms with E-state index >= 15 is 0 Å². The van der Waals surface area contributed by atoms with Crippen molar-refractivity contribution >= 4 is 26.5 Å². The van der Waals surface area contributed by atoms with E-state index in [1.54, 1.807) is 24.3 Å². The highest BCUT2D eigenvalue weighted by molar-refractivity contribution is 7.89. The molecule has 92 valence electrons. The number of sulfonamides is 1. The maximum Gasteiger partial charge on any atom is 0.428 e. The third-order valence-corrected chi connectivity index (χ3v) is 4.08. The fourth-order valence-corrected chi connectivity index (χ4v) is 2.68. The van der Waals surface area contributed by atoms with Crippen molar-refractivity contribution in [3.63, 3.8) is 0 Å². The standard InChI is InChI=1S/C11H9N3O3S/c1-13-18(16,17)10-6-9(14-12)11(15)8-5-3-2-4-7(8)10/h2-6,13H,1H3/p+1. The SMILES string of the molecule is CNS(=O)(=O)c1cc([N+]#N)c(O)c2ccccc12. The summed E-state index contributed by atoms with van der Waals surface area (Å²) in [6, 6.07) is 7.54. The number of rotatable bonds is 2. The van der Waals surface area contributed by atoms with Crippen molar-refractivity contribution < 1.29 is 13.5 Å². The van der Waals surface area contributed by atoms with Crippen molar-refractivity contribution in [3.8, 4) is 5.75 Å². The molecule has 0 spiro atoms. The average Bonchev–Trinajstić information content (AvgIpc) is 2.39. The van der Waals surface area contributed by atoms with Crippen LogP contribution in [0.15, 0.2) is 35.2 Å². The zero-order chi connectivity index (χ0) is 13.3. The molecule has 2 aromatic carbocycles. The molecule has 0 bridgehead atoms. The maximum absolute atomic E-state index is 11.9. The first-order chi connectivity index (χ1) is 8.51. The molecule has 0 aromatic heterocycles. The molecule has 0 aliphatic carbocycles. The molecule has 2 N–H and O–H groups in total. The van der Waals surface area contributed by atoms with Gasteiger partial charge in [0.15, 0.2) is 4.98 Å². The summed E-state index contributed by atoms with van der Waals surface area (Å²) in [4.78, 5) is 2.84. The Bertz CT molecular complexity index is 763. The summed E-state index contributed by atoms with van der Waals surface area (Å²) < 4.78 is 25.9. The highest BCUT2D eigenvalue weighted by atomic mass is 32.2. The minimum atomic E-state index is -3.71. The van der Waals surface area contributed by atoms with Gasteiger partial charge in [-0.15, -0.1) is 0 Å². The topological polar surface area (TPSA) is 94.5 Å². The minimum Gasteiger partial charge on any atom is -0.501 e. The van der Waals surface area contributed by atoms with E-state index in [1.807, 2.05) is 0 Å². The van der Waals surface area contributed by atoms with Crippen LogP contribution >= 0.6 is 0 Å². The fraction of sp³-hybridized carbons (Fsp3) is 0.0909. The number of nitrogens with zero attached hydrogens (tertiary/aromatic N) is 2. The molecule has 2 aromatic rings. The summed E-state index contributed by atoms with van der Waals surface area (Å²) in [7, 11) is -2.42. The normalized spacial score (nSPS) is 11.3. The average molecular weight is 264 g/mol. The molecule has 0 saturated carbocycles. The van der Waals surface area contributed by atoms with E-state index < -0.39 is 10.0 Å². The van der Waals surface area contributed by atoms with Gasteiger partial charge in [-0.25, -0.2) is 13.1 Å². The van der Waals surface area contributed by atoms with Gasteiger partial charge in [0, 0.05) is 10.8 Å². The number of phenols is 1. The fourth-order valence-electron chi connectivity index (χ4n) is 1.72. The van der Waals surface area contributed by atoms with Crippen molar-refractivity contribution in [3.05, 3.63) is 35.3 Å². The smallest absolute Gasteiger partial charge is 0.428 e. The van der Waals surface area contributed by atoms with Gasteiger partial charge in [-0.2, -0.15) is 0 Å². The zero-order valence-corrected chi connectivity index (χ0v) is 10.3. The molecule has 0 fully saturated rings. The van der Waals surface area contributed by atoms with E-state index in [-0.39, 0.29) is 16.3 Å². The number of fused-ring (bicyclic) bond motifs is 1. The number of diazo groups is 1. The van der Waals surface area contributed by atoms with E-state index in [0.29, 0.717) is 10.8 Å². The molecule has 0 heterocycles. The number of hydrogen-bond acceptors (Lipinski definition) is 4. The molecular weight excluding hydrogens is 254 g/mol. The van der Waals surface area contributed by atoms with Gasteiger partial charge in [-0.3, -0.25) is 0 Å². The van der Waals surface area contributed by atoms with Crippen LogP contribution in [0.5, 0.6) is 5.75 Å². The van der Waals surface area contributed by atoms with Crippen LogP contribution in [-0.2, 0) is 10.0 Å². The van der Waals surface area contributed by atoms with Crippen molar-refractivity contribution in [2.75, 3.05) is 7.05 Å². The summed E-state index contributed by atoms with van der Waals surface area (Å²) in [5.41, 5.74) is -0.192. The lowest BCUT2D eigenvalue weighted by atomic mass is 10.1. The second-order valence-corrected chi connectivity index (χ2v) is 5.45. The van der Waals surface area contributed by atoms with Crippen LogP contribution in [-0.4, -0.2) is 20.6 Å². The van der Waals surface area contributed by atoms with Gasteiger partial charge in [0.05, 0.1) is 11.0 Å². The molecule has 0 amide bonds. The predicted octanol–water partition coefficient (Wildman–Crippen LogP) is 1.94. The van der Waals surface area contributed by atoms with Crippen LogP contribution in [0, 0.1) is 5.39 Å². The van der Waals surface area contributed by atoms with Crippen LogP contribution in [0.1, 0.15) is 0 Å². The summed E-state index contributed by atoms with van der Waals surface area (Å²) >= 11 is 0. The molecule has 0 radical (unpaired) electrons. The molecule has 0 aliphatic rings. The predicted molar refractivity (Wildman–Crippen MR) is 66.6 cm³/mol. The van der Waals surface area contributed by atoms with Crippen LogP contribution in [0.3, 0.4) is 0 Å². The van der Waals surface area contributed by atoms with E-state index in [1.165, 1.54) is 7.05 Å². The number of hydrogen-bond donors (Lipinski definition) is 2. The molecule has 0 atom stereocenters. The van der Waals surface area contributed by atoms with Crippen LogP contribution in [0.25, 0.3) is 15.7 Å². The van der Waals surface area contributed by atoms with Crippen LogP contribution in [0.2, 0.25) is 0 Å². The van der Waals surface area contributed by atoms with Crippen molar-refractivity contribution in [2.24, 2.45) is 0 Å². The Morgan fingerprint density at radius 3 is 2.44 bits per heavy atom. The first kappa shape index (κ1) is 12.3. The summed E-state index contributed by atoms with van der Waals surface area (Å²) in [5, 5.41) is 19.3. The number of nitrogens with one attached hydrogen (secondary N) is 1. The summed E-state index contributed by atoms with van der Waals surface area (Å²) in [5.74, 6) is -0.261. The number of benzene rings is 2. The lowest BCUT2D eigenvalue weighted by molar-refractivity contribution is 0.484. The Balaban J connectivity index is 3.00. The van der Waals surface area contributed by atoms with Crippen molar-refractivity contribution in [1.82, 2.24) is 4.72 Å². The van der Waals surface area contributed by atoms with Crippen molar-refractivity contribution in [1.29, 1.82) is 5.39 Å². The molecular formula is C11H10N3O3S+. The highest BCUT2D eigenvalue weighted by Crippen LogP contribution is 2.38. The zero-order valence-electron chi connectivity index (χ0n) is 9.45. The molecule has 7 heteroatoms. The Morgan fingerprint density at radius 1 is 1.28 bits per heavy atom. The lowest BCUT2D eigenvalue weighted by Crippen LogP contribution is -2.18. The Hall–Kier alpha value is -2.17. The molecule has 6 nitrogen and oxygen atoms in total. The molecule has 0 aliphatic heterocycles. The summed E-state index contributed by atoms with van der Waals surface area (Å²) in [6.07, 6.45) is 0. The van der Waals surface area contributed by atoms with Gasteiger partial charge in [-0.1, -0.05) is 24.3 Å². The van der Waals surface area contributed by atoms with Gasteiger partial charge >= 0.3 is 5.69 Å². The molecule has 18 heavy (non-hydrogen) atoms. The first-order valence-corrected chi connectivity index (χ1v) is 6.53. The second-order valence-electron chi connectivity index (χ2n) is 3.60. The second kappa shape index (κ2) is 4.25. The number of aromatic hydroxyl groups is 1. The van der Waals surface area contributed by atoms with E-state index in [2.05, 4.69) is 9.70 Å². The van der Waals surface area contributed by atoms with E-state index in [4.69, 9.17) is 5.39 Å². The van der Waals surface area contributed by atoms with Crippen LogP contribution in [0.4, 0.5) is 5.69 Å². The quantitative estimate of drug-likeness (QED) is 0.810. The third-order valence-electron chi connectivity index (χ3n) is 2.62. The Kier molecular flexibility index (Phi) is 2.90. The summed E-state index contributed by atoms with van der Waals surface area (Å²) in [6.45, 7) is 0. The first-order valence-electron chi connectivity index (χ1n) is 5.04. The largest absolute Gasteiger partial charge is 0.501 e. The Labute approximate surface area is 104 Å². The van der Waals surface area contributed by atoms with Gasteiger partial charge in [0.1, 0.15) is 0 Å². The number of phenolic OH excluding ortho intramolecular Hbond substituents is 1. The lowest BCUT2D eigenvalue weighted by Gasteiger charge is -2.06.